The van der Waals surface area contributed by atoms with Crippen LogP contribution in [0.3, 0.4) is 0 Å². The highest BCUT2D eigenvalue weighted by atomic mass is 16.2. The number of benzene rings is 3. The number of fused-ring (bicyclic) bond motifs is 1. The average Bonchev–Trinajstić information content (AvgIpc) is 2.91. The van der Waals surface area contributed by atoms with Gasteiger partial charge in [0.2, 0.25) is 0 Å². The summed E-state index contributed by atoms with van der Waals surface area (Å²) in [4.78, 5) is 14.9. The van der Waals surface area contributed by atoms with Crippen LogP contribution in [0.15, 0.2) is 78.9 Å². The first-order valence-corrected chi connectivity index (χ1v) is 8.50. The molecule has 1 heterocycles. The van der Waals surface area contributed by atoms with Crippen molar-refractivity contribution in [2.45, 2.75) is 19.6 Å². The van der Waals surface area contributed by atoms with Crippen LogP contribution in [0, 0.1) is 6.92 Å². The molecule has 3 nitrogen and oxygen atoms in total. The predicted molar refractivity (Wildman–Crippen MR) is 100 cm³/mol. The summed E-state index contributed by atoms with van der Waals surface area (Å²) in [7, 11) is 0. The van der Waals surface area contributed by atoms with Gasteiger partial charge >= 0.3 is 0 Å². The summed E-state index contributed by atoms with van der Waals surface area (Å²) in [6, 6.07) is 26.2. The Hall–Kier alpha value is -3.07. The van der Waals surface area contributed by atoms with Gasteiger partial charge in [0.05, 0.1) is 0 Å². The monoisotopic (exact) mass is 328 g/mol. The smallest absolute Gasteiger partial charge is 0.256 e. The highest BCUT2D eigenvalue weighted by Gasteiger charge is 2.36. The Morgan fingerprint density at radius 1 is 0.880 bits per heavy atom. The lowest BCUT2D eigenvalue weighted by molar-refractivity contribution is 0.0728. The lowest BCUT2D eigenvalue weighted by atomic mass is 10.1. The summed E-state index contributed by atoms with van der Waals surface area (Å²) in [5.74, 6) is 0.0746. The van der Waals surface area contributed by atoms with Crippen LogP contribution >= 0.6 is 0 Å². The summed E-state index contributed by atoms with van der Waals surface area (Å²) >= 11 is 0. The number of carbonyl (C=O) groups excluding carboxylic acids is 1. The van der Waals surface area contributed by atoms with Gasteiger partial charge in [-0.3, -0.25) is 4.79 Å². The van der Waals surface area contributed by atoms with Crippen LogP contribution in [0.1, 0.15) is 33.2 Å². The quantitative estimate of drug-likeness (QED) is 0.749. The fraction of sp³-hybridized carbons (Fsp3) is 0.136. The van der Waals surface area contributed by atoms with Gasteiger partial charge in [-0.1, -0.05) is 66.7 Å². The molecule has 0 spiro atoms. The van der Waals surface area contributed by atoms with E-state index < -0.39 is 0 Å². The maximum Gasteiger partial charge on any atom is 0.256 e. The number of nitrogens with one attached hydrogen (secondary N) is 1. The molecule has 1 aliphatic heterocycles. The normalized spacial score (nSPS) is 16.0. The number of hydrogen-bond acceptors (Lipinski definition) is 2. The fourth-order valence-electron chi connectivity index (χ4n) is 3.35. The molecule has 3 aromatic carbocycles. The third kappa shape index (κ3) is 2.89. The van der Waals surface area contributed by atoms with E-state index in [0.29, 0.717) is 6.54 Å². The molecule has 1 atom stereocenters. The van der Waals surface area contributed by atoms with Gasteiger partial charge in [-0.05, 0) is 30.2 Å². The molecule has 1 unspecified atom stereocenters. The molecule has 25 heavy (non-hydrogen) atoms. The maximum absolute atomic E-state index is 13.0. The third-order valence-electron chi connectivity index (χ3n) is 4.69. The molecule has 3 heteroatoms. The van der Waals surface area contributed by atoms with E-state index in [1.165, 1.54) is 5.56 Å². The van der Waals surface area contributed by atoms with Crippen LogP contribution in [0.4, 0.5) is 5.69 Å². The Morgan fingerprint density at radius 3 is 2.36 bits per heavy atom. The van der Waals surface area contributed by atoms with Gasteiger partial charge in [-0.25, -0.2) is 0 Å². The van der Waals surface area contributed by atoms with Crippen molar-refractivity contribution < 1.29 is 4.79 Å². The van der Waals surface area contributed by atoms with E-state index in [0.717, 1.165) is 22.4 Å². The van der Waals surface area contributed by atoms with Crippen LogP contribution in [0.5, 0.6) is 0 Å². The minimum absolute atomic E-state index is 0.0746. The van der Waals surface area contributed by atoms with Crippen LogP contribution in [0.25, 0.3) is 0 Å². The van der Waals surface area contributed by atoms with Crippen molar-refractivity contribution in [2.75, 3.05) is 5.32 Å². The van der Waals surface area contributed by atoms with Crippen molar-refractivity contribution in [2.24, 2.45) is 0 Å². The van der Waals surface area contributed by atoms with Crippen molar-refractivity contribution in [1.82, 2.24) is 4.90 Å². The zero-order chi connectivity index (χ0) is 17.2. The summed E-state index contributed by atoms with van der Waals surface area (Å²) in [5, 5.41) is 3.57. The molecule has 3 aromatic rings. The molecule has 0 radical (unpaired) electrons. The van der Waals surface area contributed by atoms with Crippen molar-refractivity contribution in [1.29, 1.82) is 0 Å². The van der Waals surface area contributed by atoms with Gasteiger partial charge in [0.15, 0.2) is 0 Å². The van der Waals surface area contributed by atoms with E-state index in [2.05, 4.69) is 36.5 Å². The summed E-state index contributed by atoms with van der Waals surface area (Å²) < 4.78 is 0. The van der Waals surface area contributed by atoms with Gasteiger partial charge in [-0.2, -0.15) is 0 Å². The zero-order valence-corrected chi connectivity index (χ0v) is 14.1. The number of nitrogens with zero attached hydrogens (tertiary/aromatic N) is 1. The van der Waals surface area contributed by atoms with Gasteiger partial charge in [0, 0.05) is 23.4 Å². The second-order valence-electron chi connectivity index (χ2n) is 6.37. The van der Waals surface area contributed by atoms with Crippen LogP contribution in [-0.4, -0.2) is 10.8 Å². The Balaban J connectivity index is 1.71. The molecule has 0 saturated heterocycles. The Kier molecular flexibility index (Phi) is 3.98. The number of carbonyl (C=O) groups is 1. The lowest BCUT2D eigenvalue weighted by Crippen LogP contribution is -2.32. The largest absolute Gasteiger partial charge is 0.361 e. The molecule has 4 rings (SSSR count). The van der Waals surface area contributed by atoms with Gasteiger partial charge in [-0.15, -0.1) is 0 Å². The Morgan fingerprint density at radius 2 is 1.56 bits per heavy atom. The van der Waals surface area contributed by atoms with E-state index in [1.807, 2.05) is 59.5 Å². The molecule has 0 aliphatic carbocycles. The van der Waals surface area contributed by atoms with E-state index in [1.54, 1.807) is 0 Å². The Labute approximate surface area is 147 Å². The minimum Gasteiger partial charge on any atom is -0.361 e. The second kappa shape index (κ2) is 6.44. The van der Waals surface area contributed by atoms with Crippen LogP contribution in [0.2, 0.25) is 0 Å². The molecule has 1 amide bonds. The first-order chi connectivity index (χ1) is 12.2. The van der Waals surface area contributed by atoms with E-state index in [9.17, 15) is 4.79 Å². The summed E-state index contributed by atoms with van der Waals surface area (Å²) in [6.07, 6.45) is -0.162. The number of amides is 1. The van der Waals surface area contributed by atoms with Crippen molar-refractivity contribution in [3.63, 3.8) is 0 Å². The lowest BCUT2D eigenvalue weighted by Gasteiger charge is -2.28. The molecule has 1 aliphatic rings. The molecular formula is C22H20N2O. The van der Waals surface area contributed by atoms with Crippen molar-refractivity contribution in [3.8, 4) is 0 Å². The average molecular weight is 328 g/mol. The third-order valence-corrected chi connectivity index (χ3v) is 4.69. The van der Waals surface area contributed by atoms with Gasteiger partial charge < -0.3 is 10.2 Å². The number of anilines is 1. The number of aryl methyl sites for hydroxylation is 1. The number of para-hydroxylation sites is 1. The fourth-order valence-corrected chi connectivity index (χ4v) is 3.35. The van der Waals surface area contributed by atoms with Gasteiger partial charge in [0.25, 0.3) is 5.91 Å². The SMILES string of the molecule is Cc1ccccc1NC1c2ccccc2C(=O)N1Cc1ccccc1. The molecule has 0 bridgehead atoms. The van der Waals surface area contributed by atoms with Crippen molar-refractivity contribution in [3.05, 3.63) is 101 Å². The molecule has 0 saturated carbocycles. The first kappa shape index (κ1) is 15.5. The van der Waals surface area contributed by atoms with E-state index in [4.69, 9.17) is 0 Å². The number of rotatable bonds is 4. The summed E-state index contributed by atoms with van der Waals surface area (Å²) in [6.45, 7) is 2.66. The van der Waals surface area contributed by atoms with E-state index >= 15 is 0 Å². The van der Waals surface area contributed by atoms with Crippen LogP contribution in [-0.2, 0) is 6.54 Å². The topological polar surface area (TPSA) is 32.3 Å². The predicted octanol–water partition coefficient (Wildman–Crippen LogP) is 4.76. The molecular weight excluding hydrogens is 308 g/mol. The van der Waals surface area contributed by atoms with Crippen molar-refractivity contribution >= 4 is 11.6 Å². The minimum atomic E-state index is -0.162. The maximum atomic E-state index is 13.0. The molecule has 1 N–H and O–H groups in total. The van der Waals surface area contributed by atoms with Gasteiger partial charge in [0.1, 0.15) is 6.17 Å². The highest BCUT2D eigenvalue weighted by Crippen LogP contribution is 2.36. The standard InChI is InChI=1S/C22H20N2O/c1-16-9-5-8-14-20(16)23-21-18-12-6-7-13-19(18)22(25)24(21)15-17-10-3-2-4-11-17/h2-14,21,23H,15H2,1H3. The second-order valence-corrected chi connectivity index (χ2v) is 6.37. The first-order valence-electron chi connectivity index (χ1n) is 8.50. The van der Waals surface area contributed by atoms with E-state index in [-0.39, 0.29) is 12.1 Å². The Bertz CT molecular complexity index is 905. The highest BCUT2D eigenvalue weighted by molar-refractivity contribution is 5.99. The molecule has 124 valence electrons. The summed E-state index contributed by atoms with van der Waals surface area (Å²) in [5.41, 5.74) is 5.16. The molecule has 0 fully saturated rings. The van der Waals surface area contributed by atoms with Crippen LogP contribution < -0.4 is 5.32 Å². The number of hydrogen-bond donors (Lipinski definition) is 1. The molecule has 0 aromatic heterocycles. The zero-order valence-electron chi connectivity index (χ0n) is 14.1.